The molecular formula is C18H21N3O8. The number of benzene rings is 1. The topological polar surface area (TPSA) is 165 Å². The van der Waals surface area contributed by atoms with E-state index in [4.69, 9.17) is 4.74 Å². The molecule has 1 aliphatic rings. The Kier molecular flexibility index (Phi) is 7.23. The monoisotopic (exact) mass is 407 g/mol. The van der Waals surface area contributed by atoms with Gasteiger partial charge in [0.25, 0.3) is 5.69 Å². The van der Waals surface area contributed by atoms with Gasteiger partial charge in [0, 0.05) is 24.5 Å². The number of esters is 1. The molecule has 2 rings (SSSR count). The lowest BCUT2D eigenvalue weighted by Gasteiger charge is -2.26. The number of ether oxygens (including phenoxy) is 1. The van der Waals surface area contributed by atoms with Crippen molar-refractivity contribution in [1.82, 2.24) is 10.6 Å². The summed E-state index contributed by atoms with van der Waals surface area (Å²) in [7, 11) is 0. The number of non-ortho nitro benzene ring substituents is 1. The minimum atomic E-state index is -1.51. The van der Waals surface area contributed by atoms with Gasteiger partial charge < -0.3 is 20.5 Å². The number of nitrogens with one attached hydrogen (secondary N) is 2. The minimum absolute atomic E-state index is 0.0873. The predicted octanol–water partition coefficient (Wildman–Crippen LogP) is 0.480. The number of nitro benzene ring substituents is 1. The van der Waals surface area contributed by atoms with Crippen LogP contribution < -0.4 is 10.6 Å². The zero-order valence-corrected chi connectivity index (χ0v) is 15.6. The van der Waals surface area contributed by atoms with E-state index in [0.717, 1.165) is 0 Å². The minimum Gasteiger partial charge on any atom is -0.480 e. The largest absolute Gasteiger partial charge is 0.480 e. The molecule has 1 aromatic rings. The Bertz CT molecular complexity index is 808. The fraction of sp³-hybridized carbons (Fsp3) is 0.444. The second-order valence-electron chi connectivity index (χ2n) is 6.45. The van der Waals surface area contributed by atoms with Crippen LogP contribution in [-0.4, -0.2) is 52.5 Å². The van der Waals surface area contributed by atoms with Crippen molar-refractivity contribution >= 4 is 29.4 Å². The molecule has 2 amide bonds. The maximum atomic E-state index is 12.4. The van der Waals surface area contributed by atoms with E-state index in [1.807, 2.05) is 0 Å². The molecule has 0 aliphatic carbocycles. The number of amides is 2. The first-order valence-corrected chi connectivity index (χ1v) is 8.95. The number of carboxylic acid groups (broad SMARTS) is 1. The van der Waals surface area contributed by atoms with E-state index in [-0.39, 0.29) is 37.5 Å². The number of nitro groups is 1. The Balaban J connectivity index is 2.30. The number of aliphatic carboxylic acids is 1. The number of hydrogen-bond acceptors (Lipinski definition) is 7. The molecule has 1 heterocycles. The highest BCUT2D eigenvalue weighted by Gasteiger charge is 2.36. The number of carbonyl (C=O) groups is 4. The molecule has 29 heavy (non-hydrogen) atoms. The van der Waals surface area contributed by atoms with Gasteiger partial charge in [0.15, 0.2) is 0 Å². The van der Waals surface area contributed by atoms with Crippen molar-refractivity contribution in [1.29, 1.82) is 0 Å². The summed E-state index contributed by atoms with van der Waals surface area (Å²) in [5.74, 6) is -4.09. The normalized spacial score (nSPS) is 17.7. The van der Waals surface area contributed by atoms with Crippen molar-refractivity contribution in [2.45, 2.75) is 44.2 Å². The van der Waals surface area contributed by atoms with Crippen LogP contribution in [0.15, 0.2) is 24.3 Å². The highest BCUT2D eigenvalue weighted by molar-refractivity contribution is 5.93. The fourth-order valence-corrected chi connectivity index (χ4v) is 3.07. The number of carbonyl (C=O) groups excluding carboxylic acids is 3. The van der Waals surface area contributed by atoms with Crippen LogP contribution in [0.3, 0.4) is 0 Å². The third-order valence-electron chi connectivity index (χ3n) is 4.50. The van der Waals surface area contributed by atoms with Crippen molar-refractivity contribution in [3.8, 4) is 0 Å². The summed E-state index contributed by atoms with van der Waals surface area (Å²) in [6, 6.07) is 2.68. The Labute approximate surface area is 165 Å². The second-order valence-corrected chi connectivity index (χ2v) is 6.45. The molecule has 0 aromatic heterocycles. The molecule has 0 saturated carbocycles. The lowest BCUT2D eigenvalue weighted by atomic mass is 9.88. The molecule has 3 atom stereocenters. The fourth-order valence-electron chi connectivity index (χ4n) is 3.07. The van der Waals surface area contributed by atoms with Gasteiger partial charge in [0.1, 0.15) is 12.1 Å². The van der Waals surface area contributed by atoms with E-state index in [9.17, 15) is 34.4 Å². The highest BCUT2D eigenvalue weighted by atomic mass is 16.6. The van der Waals surface area contributed by atoms with Crippen LogP contribution in [0.4, 0.5) is 5.69 Å². The van der Waals surface area contributed by atoms with Crippen molar-refractivity contribution in [3.63, 3.8) is 0 Å². The first kappa shape index (κ1) is 21.8. The molecule has 1 aromatic carbocycles. The van der Waals surface area contributed by atoms with E-state index < -0.39 is 40.8 Å². The van der Waals surface area contributed by atoms with Gasteiger partial charge in [-0.05, 0) is 18.9 Å². The van der Waals surface area contributed by atoms with Gasteiger partial charge in [-0.15, -0.1) is 0 Å². The number of nitrogens with zero attached hydrogens (tertiary/aromatic N) is 1. The maximum Gasteiger partial charge on any atom is 0.326 e. The average molecular weight is 407 g/mol. The van der Waals surface area contributed by atoms with Gasteiger partial charge in [0.2, 0.25) is 11.8 Å². The zero-order chi connectivity index (χ0) is 21.6. The number of rotatable bonds is 9. The Morgan fingerprint density at radius 3 is 2.48 bits per heavy atom. The van der Waals surface area contributed by atoms with Gasteiger partial charge in [-0.25, -0.2) is 4.79 Å². The summed E-state index contributed by atoms with van der Waals surface area (Å²) < 4.78 is 4.89. The molecule has 0 unspecified atom stereocenters. The first-order chi connectivity index (χ1) is 13.7. The predicted molar refractivity (Wildman–Crippen MR) is 97.8 cm³/mol. The zero-order valence-electron chi connectivity index (χ0n) is 15.6. The van der Waals surface area contributed by atoms with E-state index in [1.165, 1.54) is 24.3 Å². The molecule has 1 saturated heterocycles. The molecular weight excluding hydrogens is 386 g/mol. The van der Waals surface area contributed by atoms with Crippen molar-refractivity contribution in [3.05, 3.63) is 39.9 Å². The van der Waals surface area contributed by atoms with Crippen LogP contribution in [0.25, 0.3) is 0 Å². The summed E-state index contributed by atoms with van der Waals surface area (Å²) in [6.07, 6.45) is 0.0292. The van der Waals surface area contributed by atoms with Crippen molar-refractivity contribution < 1.29 is 33.9 Å². The van der Waals surface area contributed by atoms with Crippen LogP contribution >= 0.6 is 0 Å². The SMILES string of the molecule is CCOC(=O)C[C@H](c1ccc([N+](=O)[O-])cc1)[C@@H](NC(=O)[C@@H]1CCC(=O)N1)C(=O)O. The second kappa shape index (κ2) is 9.62. The lowest BCUT2D eigenvalue weighted by Crippen LogP contribution is -2.51. The summed E-state index contributed by atoms with van der Waals surface area (Å²) >= 11 is 0. The summed E-state index contributed by atoms with van der Waals surface area (Å²) in [6.45, 7) is 1.68. The van der Waals surface area contributed by atoms with Crippen LogP contribution in [0.2, 0.25) is 0 Å². The number of carboxylic acids is 1. The van der Waals surface area contributed by atoms with Gasteiger partial charge >= 0.3 is 11.9 Å². The molecule has 0 radical (unpaired) electrons. The van der Waals surface area contributed by atoms with Crippen LogP contribution in [-0.2, 0) is 23.9 Å². The van der Waals surface area contributed by atoms with Gasteiger partial charge in [0.05, 0.1) is 18.0 Å². The van der Waals surface area contributed by atoms with E-state index >= 15 is 0 Å². The third kappa shape index (κ3) is 5.74. The Hall–Kier alpha value is -3.50. The molecule has 11 nitrogen and oxygen atoms in total. The standard InChI is InChI=1S/C18H21N3O8/c1-2-29-15(23)9-12(10-3-5-11(6-4-10)21(27)28)16(18(25)26)20-17(24)13-7-8-14(22)19-13/h3-6,12-13,16H,2,7-9H2,1H3,(H,19,22)(H,20,24)(H,25,26)/t12-,13+,16-/m1/s1. The smallest absolute Gasteiger partial charge is 0.326 e. The molecule has 0 bridgehead atoms. The molecule has 1 aliphatic heterocycles. The van der Waals surface area contributed by atoms with Crippen LogP contribution in [0.5, 0.6) is 0 Å². The van der Waals surface area contributed by atoms with Crippen LogP contribution in [0, 0.1) is 10.1 Å². The summed E-state index contributed by atoms with van der Waals surface area (Å²) in [4.78, 5) is 57.9. The quantitative estimate of drug-likeness (QED) is 0.302. The lowest BCUT2D eigenvalue weighted by molar-refractivity contribution is -0.384. The average Bonchev–Trinajstić information content (AvgIpc) is 3.11. The van der Waals surface area contributed by atoms with Crippen molar-refractivity contribution in [2.75, 3.05) is 6.61 Å². The van der Waals surface area contributed by atoms with E-state index in [1.54, 1.807) is 6.92 Å². The van der Waals surface area contributed by atoms with Crippen molar-refractivity contribution in [2.24, 2.45) is 0 Å². The van der Waals surface area contributed by atoms with Crippen LogP contribution in [0.1, 0.15) is 37.7 Å². The molecule has 11 heteroatoms. The third-order valence-corrected chi connectivity index (χ3v) is 4.50. The molecule has 156 valence electrons. The molecule has 1 fully saturated rings. The Morgan fingerprint density at radius 2 is 2.00 bits per heavy atom. The van der Waals surface area contributed by atoms with Gasteiger partial charge in [-0.2, -0.15) is 0 Å². The summed E-state index contributed by atoms with van der Waals surface area (Å²) in [5, 5.41) is 25.3. The first-order valence-electron chi connectivity index (χ1n) is 8.95. The highest BCUT2D eigenvalue weighted by Crippen LogP contribution is 2.27. The summed E-state index contributed by atoms with van der Waals surface area (Å²) in [5.41, 5.74) is 0.111. The molecule has 0 spiro atoms. The number of hydrogen-bond donors (Lipinski definition) is 3. The maximum absolute atomic E-state index is 12.4. The Morgan fingerprint density at radius 1 is 1.34 bits per heavy atom. The molecule has 3 N–H and O–H groups in total. The van der Waals surface area contributed by atoms with Gasteiger partial charge in [-0.3, -0.25) is 24.5 Å². The van der Waals surface area contributed by atoms with E-state index in [2.05, 4.69) is 10.6 Å². The van der Waals surface area contributed by atoms with E-state index in [0.29, 0.717) is 5.56 Å². The van der Waals surface area contributed by atoms with Gasteiger partial charge in [-0.1, -0.05) is 12.1 Å².